The van der Waals surface area contributed by atoms with Crippen LogP contribution >= 0.6 is 23.6 Å². The third kappa shape index (κ3) is 5.63. The van der Waals surface area contributed by atoms with Crippen LogP contribution < -0.4 is 15.5 Å². The van der Waals surface area contributed by atoms with E-state index in [-0.39, 0.29) is 17.3 Å². The first-order chi connectivity index (χ1) is 16.3. The zero-order chi connectivity index (χ0) is 24.3. The molecule has 2 aromatic rings. The Labute approximate surface area is 206 Å². The Hall–Kier alpha value is -2.40. The molecule has 1 aromatic carbocycles. The number of aromatic nitrogens is 1. The highest BCUT2D eigenvalue weighted by Gasteiger charge is 2.32. The van der Waals surface area contributed by atoms with Crippen molar-refractivity contribution in [3.8, 4) is 0 Å². The van der Waals surface area contributed by atoms with Crippen molar-refractivity contribution in [1.82, 2.24) is 15.2 Å². The van der Waals surface area contributed by atoms with Crippen LogP contribution in [-0.4, -0.2) is 53.6 Å². The summed E-state index contributed by atoms with van der Waals surface area (Å²) >= 11 is 6.81. The van der Waals surface area contributed by atoms with E-state index in [0.717, 1.165) is 80.7 Å². The summed E-state index contributed by atoms with van der Waals surface area (Å²) in [5.74, 6) is -0.256. The number of piperidine rings is 1. The molecule has 6 nitrogen and oxygen atoms in total. The molecular weight excluding hydrogens is 483 g/mol. The lowest BCUT2D eigenvalue weighted by Crippen LogP contribution is -2.43. The number of likely N-dealkylation sites (tertiary alicyclic amines) is 1. The molecule has 0 saturated carbocycles. The highest BCUT2D eigenvalue weighted by Crippen LogP contribution is 2.37. The second-order valence-corrected chi connectivity index (χ2v) is 9.82. The predicted octanol–water partition coefficient (Wildman–Crippen LogP) is 5.09. The number of halogens is 3. The van der Waals surface area contributed by atoms with Crippen molar-refractivity contribution in [2.75, 3.05) is 42.9 Å². The second kappa shape index (κ2) is 10.5. The van der Waals surface area contributed by atoms with Crippen LogP contribution in [0.4, 0.5) is 24.5 Å². The highest BCUT2D eigenvalue weighted by molar-refractivity contribution is 7.80. The Kier molecular flexibility index (Phi) is 7.61. The van der Waals surface area contributed by atoms with Gasteiger partial charge in [0.15, 0.2) is 5.11 Å². The van der Waals surface area contributed by atoms with Crippen LogP contribution in [0.5, 0.6) is 0 Å². The van der Waals surface area contributed by atoms with Crippen LogP contribution in [0.2, 0.25) is 0 Å². The maximum atomic E-state index is 13.3. The fourth-order valence-electron chi connectivity index (χ4n) is 4.40. The van der Waals surface area contributed by atoms with Crippen LogP contribution in [0.3, 0.4) is 0 Å². The zero-order valence-corrected chi connectivity index (χ0v) is 20.6. The standard InChI is InChI=1S/C23H28F3N5OS2/c1-2-27-22(33)31-11-7-15(8-12-31)21-29-18(14-34-21)20(32)28-17-13-16(23(24,25)26)5-6-19(17)30-9-3-4-10-30/h5-6,13-15H,2-4,7-12H2,1H3,(H,27,33)(H,28,32). The number of carbonyl (C=O) groups is 1. The van der Waals surface area contributed by atoms with E-state index in [1.54, 1.807) is 5.38 Å². The molecule has 0 spiro atoms. The summed E-state index contributed by atoms with van der Waals surface area (Å²) in [5, 5.41) is 9.19. The average Bonchev–Trinajstić information content (AvgIpc) is 3.51. The lowest BCUT2D eigenvalue weighted by atomic mass is 9.98. The van der Waals surface area contributed by atoms with Gasteiger partial charge in [0.25, 0.3) is 5.91 Å². The number of thiocarbonyl (C=S) groups is 1. The number of nitrogens with one attached hydrogen (secondary N) is 2. The first kappa shape index (κ1) is 24.7. The molecule has 2 aliphatic heterocycles. The quantitative estimate of drug-likeness (QED) is 0.546. The van der Waals surface area contributed by atoms with Gasteiger partial charge in [0.1, 0.15) is 5.69 Å². The van der Waals surface area contributed by atoms with Crippen LogP contribution in [0.1, 0.15) is 59.6 Å². The number of rotatable bonds is 5. The maximum absolute atomic E-state index is 13.3. The maximum Gasteiger partial charge on any atom is 0.416 e. The van der Waals surface area contributed by atoms with Gasteiger partial charge in [-0.1, -0.05) is 0 Å². The van der Waals surface area contributed by atoms with Crippen molar-refractivity contribution in [3.05, 3.63) is 39.8 Å². The normalized spacial score (nSPS) is 17.2. The Bertz CT molecular complexity index is 1030. The number of hydrogen-bond donors (Lipinski definition) is 2. The van der Waals surface area contributed by atoms with Crippen molar-refractivity contribution >= 4 is 45.9 Å². The van der Waals surface area contributed by atoms with E-state index in [1.165, 1.54) is 17.4 Å². The topological polar surface area (TPSA) is 60.5 Å². The van der Waals surface area contributed by atoms with Gasteiger partial charge in [0, 0.05) is 44.0 Å². The van der Waals surface area contributed by atoms with Crippen LogP contribution in [0.15, 0.2) is 23.6 Å². The van der Waals surface area contributed by atoms with Gasteiger partial charge >= 0.3 is 6.18 Å². The first-order valence-electron chi connectivity index (χ1n) is 11.5. The third-order valence-electron chi connectivity index (χ3n) is 6.23. The zero-order valence-electron chi connectivity index (χ0n) is 19.0. The van der Waals surface area contributed by atoms with Crippen molar-refractivity contribution in [2.45, 2.75) is 44.7 Å². The van der Waals surface area contributed by atoms with E-state index in [1.807, 2.05) is 11.8 Å². The van der Waals surface area contributed by atoms with Gasteiger partial charge in [0.2, 0.25) is 0 Å². The number of anilines is 2. The lowest BCUT2D eigenvalue weighted by Gasteiger charge is -2.33. The molecule has 0 radical (unpaired) electrons. The Morgan fingerprint density at radius 1 is 1.21 bits per heavy atom. The fraction of sp³-hybridized carbons (Fsp3) is 0.522. The minimum absolute atomic E-state index is 0.168. The number of hydrogen-bond acceptors (Lipinski definition) is 5. The Balaban J connectivity index is 1.46. The number of thiazole rings is 1. The van der Waals surface area contributed by atoms with Crippen LogP contribution in [0, 0.1) is 0 Å². The van der Waals surface area contributed by atoms with E-state index in [0.29, 0.717) is 5.69 Å². The molecule has 2 fully saturated rings. The van der Waals surface area contributed by atoms with Crippen LogP contribution in [-0.2, 0) is 6.18 Å². The summed E-state index contributed by atoms with van der Waals surface area (Å²) in [5.41, 5.74) is 0.224. The molecule has 2 saturated heterocycles. The van der Waals surface area contributed by atoms with Gasteiger partial charge in [-0.2, -0.15) is 13.2 Å². The SMILES string of the molecule is CCNC(=S)N1CCC(c2nc(C(=O)Nc3cc(C(F)(F)F)ccc3N3CCCC3)cs2)CC1. The largest absolute Gasteiger partial charge is 0.416 e. The van der Waals surface area contributed by atoms with Gasteiger partial charge in [-0.15, -0.1) is 11.3 Å². The highest BCUT2D eigenvalue weighted by atomic mass is 32.1. The fourth-order valence-corrected chi connectivity index (χ4v) is 5.70. The number of alkyl halides is 3. The monoisotopic (exact) mass is 511 g/mol. The average molecular weight is 512 g/mol. The number of carbonyl (C=O) groups excluding carboxylic acids is 1. The molecule has 0 atom stereocenters. The van der Waals surface area contributed by atoms with Gasteiger partial charge in [-0.3, -0.25) is 4.79 Å². The van der Waals surface area contributed by atoms with Crippen molar-refractivity contribution < 1.29 is 18.0 Å². The molecule has 0 unspecified atom stereocenters. The first-order valence-corrected chi connectivity index (χ1v) is 12.8. The summed E-state index contributed by atoms with van der Waals surface area (Å²) in [6.07, 6.45) is -0.774. The minimum Gasteiger partial charge on any atom is -0.370 e. The summed E-state index contributed by atoms with van der Waals surface area (Å²) in [6.45, 7) is 5.95. The molecule has 11 heteroatoms. The Morgan fingerprint density at radius 2 is 1.91 bits per heavy atom. The summed E-state index contributed by atoms with van der Waals surface area (Å²) in [7, 11) is 0. The van der Waals surface area contributed by atoms with Crippen molar-refractivity contribution in [3.63, 3.8) is 0 Å². The van der Waals surface area contributed by atoms with Gasteiger partial charge in [-0.25, -0.2) is 4.98 Å². The smallest absolute Gasteiger partial charge is 0.370 e. The van der Waals surface area contributed by atoms with E-state index in [2.05, 4.69) is 20.5 Å². The molecule has 0 bridgehead atoms. The number of benzene rings is 1. The van der Waals surface area contributed by atoms with Gasteiger partial charge in [0.05, 0.1) is 21.9 Å². The molecule has 4 rings (SSSR count). The van der Waals surface area contributed by atoms with Gasteiger partial charge in [-0.05, 0) is 63.0 Å². The summed E-state index contributed by atoms with van der Waals surface area (Å²) in [6, 6.07) is 3.53. The molecule has 184 valence electrons. The predicted molar refractivity (Wildman–Crippen MR) is 133 cm³/mol. The lowest BCUT2D eigenvalue weighted by molar-refractivity contribution is -0.137. The minimum atomic E-state index is -4.49. The molecule has 0 aliphatic carbocycles. The Morgan fingerprint density at radius 3 is 2.56 bits per heavy atom. The molecule has 2 aliphatic rings. The van der Waals surface area contributed by atoms with E-state index in [4.69, 9.17) is 12.2 Å². The molecule has 2 N–H and O–H groups in total. The second-order valence-electron chi connectivity index (χ2n) is 8.55. The number of amides is 1. The summed E-state index contributed by atoms with van der Waals surface area (Å²) in [4.78, 5) is 21.6. The molecule has 1 aromatic heterocycles. The molecular formula is C23H28F3N5OS2. The summed E-state index contributed by atoms with van der Waals surface area (Å²) < 4.78 is 39.9. The van der Waals surface area contributed by atoms with E-state index in [9.17, 15) is 18.0 Å². The van der Waals surface area contributed by atoms with E-state index < -0.39 is 17.6 Å². The van der Waals surface area contributed by atoms with Crippen molar-refractivity contribution in [1.29, 1.82) is 0 Å². The third-order valence-corrected chi connectivity index (χ3v) is 7.64. The molecule has 3 heterocycles. The molecule has 1 amide bonds. The van der Waals surface area contributed by atoms with Crippen molar-refractivity contribution in [2.24, 2.45) is 0 Å². The molecule has 34 heavy (non-hydrogen) atoms. The number of nitrogens with zero attached hydrogens (tertiary/aromatic N) is 3. The van der Waals surface area contributed by atoms with Crippen LogP contribution in [0.25, 0.3) is 0 Å². The van der Waals surface area contributed by atoms with Gasteiger partial charge < -0.3 is 20.4 Å². The van der Waals surface area contributed by atoms with E-state index >= 15 is 0 Å².